The fraction of sp³-hybridized carbons (Fsp3) is 0.250. The van der Waals surface area contributed by atoms with Crippen LogP contribution in [0.15, 0.2) is 48.5 Å². The summed E-state index contributed by atoms with van der Waals surface area (Å²) in [5.74, 6) is 1.14. The highest BCUT2D eigenvalue weighted by Crippen LogP contribution is 2.15. The van der Waals surface area contributed by atoms with Crippen LogP contribution in [0, 0.1) is 0 Å². The number of aromatic hydroxyl groups is 1. The van der Waals surface area contributed by atoms with Gasteiger partial charge in [-0.25, -0.2) is 0 Å². The van der Waals surface area contributed by atoms with Gasteiger partial charge in [0.2, 0.25) is 0 Å². The zero-order valence-electron chi connectivity index (χ0n) is 11.0. The molecule has 100 valence electrons. The maximum absolute atomic E-state index is 9.23. The van der Waals surface area contributed by atoms with Crippen molar-refractivity contribution in [3.63, 3.8) is 0 Å². The van der Waals surface area contributed by atoms with Crippen LogP contribution in [0.3, 0.4) is 0 Å². The third-order valence-electron chi connectivity index (χ3n) is 3.09. The fourth-order valence-corrected chi connectivity index (χ4v) is 2.07. The lowest BCUT2D eigenvalue weighted by molar-refractivity contribution is 0.414. The van der Waals surface area contributed by atoms with Crippen LogP contribution in [0.1, 0.15) is 11.1 Å². The van der Waals surface area contributed by atoms with E-state index in [1.807, 2.05) is 36.4 Å². The van der Waals surface area contributed by atoms with E-state index >= 15 is 0 Å². The molecule has 0 aromatic heterocycles. The Morgan fingerprint density at radius 3 is 1.89 bits per heavy atom. The Balaban J connectivity index is 1.92. The predicted octanol–water partition coefficient (Wildman–Crippen LogP) is 2.51. The molecule has 0 amide bonds. The molecule has 3 N–H and O–H groups in total. The van der Waals surface area contributed by atoms with E-state index in [2.05, 4.69) is 0 Å². The van der Waals surface area contributed by atoms with E-state index in [1.165, 1.54) is 5.56 Å². The molecule has 0 heterocycles. The molecule has 0 aliphatic carbocycles. The van der Waals surface area contributed by atoms with E-state index in [4.69, 9.17) is 10.5 Å². The molecule has 1 unspecified atom stereocenters. The summed E-state index contributed by atoms with van der Waals surface area (Å²) in [6, 6.07) is 15.2. The third kappa shape index (κ3) is 4.00. The second kappa shape index (κ2) is 6.25. The largest absolute Gasteiger partial charge is 0.508 e. The van der Waals surface area contributed by atoms with Crippen molar-refractivity contribution in [3.8, 4) is 11.5 Å². The smallest absolute Gasteiger partial charge is 0.118 e. The number of nitrogens with two attached hydrogens (primary N) is 1. The first kappa shape index (κ1) is 13.4. The van der Waals surface area contributed by atoms with Crippen LogP contribution in [0.2, 0.25) is 0 Å². The van der Waals surface area contributed by atoms with Crippen molar-refractivity contribution < 1.29 is 9.84 Å². The molecule has 2 rings (SSSR count). The second-order valence-electron chi connectivity index (χ2n) is 4.68. The van der Waals surface area contributed by atoms with Gasteiger partial charge in [-0.3, -0.25) is 0 Å². The zero-order chi connectivity index (χ0) is 13.7. The molecule has 0 spiro atoms. The summed E-state index contributed by atoms with van der Waals surface area (Å²) in [4.78, 5) is 0. The lowest BCUT2D eigenvalue weighted by Crippen LogP contribution is -2.25. The fourth-order valence-electron chi connectivity index (χ4n) is 2.07. The molecule has 3 nitrogen and oxygen atoms in total. The van der Waals surface area contributed by atoms with E-state index < -0.39 is 0 Å². The Morgan fingerprint density at radius 2 is 1.42 bits per heavy atom. The first-order valence-electron chi connectivity index (χ1n) is 6.34. The summed E-state index contributed by atoms with van der Waals surface area (Å²) in [6.07, 6.45) is 1.62. The lowest BCUT2D eigenvalue weighted by Gasteiger charge is -2.12. The molecule has 2 aromatic rings. The first-order chi connectivity index (χ1) is 9.17. The minimum atomic E-state index is 0.0675. The average Bonchev–Trinajstić information content (AvgIpc) is 2.42. The number of phenolic OH excluding ortho intramolecular Hbond substituents is 1. The maximum atomic E-state index is 9.23. The van der Waals surface area contributed by atoms with Crippen LogP contribution in [0.5, 0.6) is 11.5 Å². The summed E-state index contributed by atoms with van der Waals surface area (Å²) >= 11 is 0. The molecule has 0 radical (unpaired) electrons. The molecule has 0 aliphatic rings. The monoisotopic (exact) mass is 257 g/mol. The molecular formula is C16H19NO2. The molecule has 3 heteroatoms. The molecule has 0 fully saturated rings. The minimum Gasteiger partial charge on any atom is -0.508 e. The first-order valence-corrected chi connectivity index (χ1v) is 6.34. The summed E-state index contributed by atoms with van der Waals surface area (Å²) in [7, 11) is 1.66. The summed E-state index contributed by atoms with van der Waals surface area (Å²) in [5.41, 5.74) is 8.49. The van der Waals surface area contributed by atoms with E-state index in [0.717, 1.165) is 24.2 Å². The van der Waals surface area contributed by atoms with Crippen molar-refractivity contribution in [2.45, 2.75) is 18.9 Å². The van der Waals surface area contributed by atoms with Gasteiger partial charge in [0.05, 0.1) is 7.11 Å². The van der Waals surface area contributed by atoms with Gasteiger partial charge < -0.3 is 15.6 Å². The lowest BCUT2D eigenvalue weighted by atomic mass is 10.00. The topological polar surface area (TPSA) is 55.5 Å². The Morgan fingerprint density at radius 1 is 0.947 bits per heavy atom. The van der Waals surface area contributed by atoms with Gasteiger partial charge in [-0.15, -0.1) is 0 Å². The quantitative estimate of drug-likeness (QED) is 0.865. The standard InChI is InChI=1S/C16H19NO2/c1-19-16-8-4-13(5-9-16)11-14(17)10-12-2-6-15(18)7-3-12/h2-9,14,18H,10-11,17H2,1H3. The number of ether oxygens (including phenoxy) is 1. The van der Waals surface area contributed by atoms with Gasteiger partial charge in [-0.2, -0.15) is 0 Å². The van der Waals surface area contributed by atoms with Gasteiger partial charge >= 0.3 is 0 Å². The molecule has 0 saturated carbocycles. The minimum absolute atomic E-state index is 0.0675. The maximum Gasteiger partial charge on any atom is 0.118 e. The van der Waals surface area contributed by atoms with Gasteiger partial charge in [-0.05, 0) is 48.2 Å². The van der Waals surface area contributed by atoms with Crippen LogP contribution in [0.25, 0.3) is 0 Å². The molecule has 0 aliphatic heterocycles. The van der Waals surface area contributed by atoms with Crippen LogP contribution in [0.4, 0.5) is 0 Å². The van der Waals surface area contributed by atoms with Gasteiger partial charge in [0, 0.05) is 6.04 Å². The molecule has 19 heavy (non-hydrogen) atoms. The Kier molecular flexibility index (Phi) is 4.42. The number of rotatable bonds is 5. The number of hydrogen-bond donors (Lipinski definition) is 2. The molecule has 2 aromatic carbocycles. The molecular weight excluding hydrogens is 238 g/mol. The highest BCUT2D eigenvalue weighted by molar-refractivity contribution is 5.29. The summed E-state index contributed by atoms with van der Waals surface area (Å²) in [5, 5.41) is 9.23. The average molecular weight is 257 g/mol. The normalized spacial score (nSPS) is 12.1. The molecule has 1 atom stereocenters. The number of benzene rings is 2. The van der Waals surface area contributed by atoms with Gasteiger partial charge in [0.15, 0.2) is 0 Å². The van der Waals surface area contributed by atoms with Gasteiger partial charge in [0.1, 0.15) is 11.5 Å². The highest BCUT2D eigenvalue weighted by Gasteiger charge is 2.06. The van der Waals surface area contributed by atoms with Crippen molar-refractivity contribution in [2.75, 3.05) is 7.11 Å². The third-order valence-corrected chi connectivity index (χ3v) is 3.09. The van der Waals surface area contributed by atoms with Gasteiger partial charge in [-0.1, -0.05) is 24.3 Å². The van der Waals surface area contributed by atoms with Crippen molar-refractivity contribution >= 4 is 0 Å². The number of hydrogen-bond acceptors (Lipinski definition) is 3. The Labute approximate surface area is 113 Å². The second-order valence-corrected chi connectivity index (χ2v) is 4.68. The van der Waals surface area contributed by atoms with E-state index in [-0.39, 0.29) is 11.8 Å². The Hall–Kier alpha value is -2.00. The van der Waals surface area contributed by atoms with Crippen LogP contribution in [-0.4, -0.2) is 18.3 Å². The van der Waals surface area contributed by atoms with E-state index in [1.54, 1.807) is 19.2 Å². The SMILES string of the molecule is COc1ccc(CC(N)Cc2ccc(O)cc2)cc1. The van der Waals surface area contributed by atoms with Crippen LogP contribution < -0.4 is 10.5 Å². The zero-order valence-corrected chi connectivity index (χ0v) is 11.0. The summed E-state index contributed by atoms with van der Waals surface area (Å²) in [6.45, 7) is 0. The van der Waals surface area contributed by atoms with Crippen molar-refractivity contribution in [1.29, 1.82) is 0 Å². The predicted molar refractivity (Wildman–Crippen MR) is 76.5 cm³/mol. The highest BCUT2D eigenvalue weighted by atomic mass is 16.5. The molecule has 0 bridgehead atoms. The van der Waals surface area contributed by atoms with Crippen molar-refractivity contribution in [2.24, 2.45) is 5.73 Å². The number of methoxy groups -OCH3 is 1. The summed E-state index contributed by atoms with van der Waals surface area (Å²) < 4.78 is 5.13. The molecule has 0 saturated heterocycles. The van der Waals surface area contributed by atoms with Crippen LogP contribution in [-0.2, 0) is 12.8 Å². The van der Waals surface area contributed by atoms with E-state index in [9.17, 15) is 5.11 Å². The van der Waals surface area contributed by atoms with Crippen molar-refractivity contribution in [1.82, 2.24) is 0 Å². The van der Waals surface area contributed by atoms with Crippen molar-refractivity contribution in [3.05, 3.63) is 59.7 Å². The van der Waals surface area contributed by atoms with E-state index in [0.29, 0.717) is 0 Å². The van der Waals surface area contributed by atoms with Gasteiger partial charge in [0.25, 0.3) is 0 Å². The van der Waals surface area contributed by atoms with Crippen LogP contribution >= 0.6 is 0 Å². The number of phenols is 1. The Bertz CT molecular complexity index is 505.